The minimum absolute atomic E-state index is 0.0653. The summed E-state index contributed by atoms with van der Waals surface area (Å²) in [5.41, 5.74) is -0.125. The predicted molar refractivity (Wildman–Crippen MR) is 59.1 cm³/mol. The molecule has 0 saturated carbocycles. The van der Waals surface area contributed by atoms with Crippen molar-refractivity contribution in [2.45, 2.75) is 33.6 Å². The Hall–Kier alpha value is 0.200. The van der Waals surface area contributed by atoms with E-state index in [1.54, 1.807) is 0 Å². The summed E-state index contributed by atoms with van der Waals surface area (Å²) in [7, 11) is -3.35. The Kier molecular flexibility index (Phi) is 6.02. The smallest absolute Gasteiger partial charge is 0.267 e. The van der Waals surface area contributed by atoms with Gasteiger partial charge in [-0.25, -0.2) is 0 Å². The van der Waals surface area contributed by atoms with Gasteiger partial charge in [0.05, 0.1) is 12.4 Å². The van der Waals surface area contributed by atoms with Gasteiger partial charge in [-0.3, -0.25) is 4.18 Å². The molecule has 0 aromatic rings. The molecule has 0 unspecified atom stereocenters. The summed E-state index contributed by atoms with van der Waals surface area (Å²) in [4.78, 5) is 0. The molecule has 0 bridgehead atoms. The second kappa shape index (κ2) is 5.93. The molecule has 3 nitrogen and oxygen atoms in total. The maximum absolute atomic E-state index is 11.3. The zero-order valence-corrected chi connectivity index (χ0v) is 10.6. The third-order valence-electron chi connectivity index (χ3n) is 1.45. The second-order valence-electron chi connectivity index (χ2n) is 4.48. The average molecular weight is 243 g/mol. The molecule has 86 valence electrons. The van der Waals surface area contributed by atoms with Crippen LogP contribution in [0.2, 0.25) is 0 Å². The molecular weight excluding hydrogens is 224 g/mol. The summed E-state index contributed by atoms with van der Waals surface area (Å²) in [5.74, 6) is 0.560. The Balaban J connectivity index is 3.85. The first-order chi connectivity index (χ1) is 6.27. The van der Waals surface area contributed by atoms with E-state index in [1.165, 1.54) is 0 Å². The number of rotatable bonds is 6. The predicted octanol–water partition coefficient (Wildman–Crippen LogP) is 2.40. The fraction of sp³-hybridized carbons (Fsp3) is 1.00. The Morgan fingerprint density at radius 1 is 1.21 bits per heavy atom. The molecular formula is C9H19ClO3S. The molecule has 0 amide bonds. The summed E-state index contributed by atoms with van der Waals surface area (Å²) in [6.45, 7) is 6.03. The van der Waals surface area contributed by atoms with Crippen LogP contribution in [0.4, 0.5) is 0 Å². The van der Waals surface area contributed by atoms with Crippen LogP contribution >= 0.6 is 11.6 Å². The van der Waals surface area contributed by atoms with Crippen LogP contribution < -0.4 is 0 Å². The highest BCUT2D eigenvalue weighted by Crippen LogP contribution is 2.15. The summed E-state index contributed by atoms with van der Waals surface area (Å²) in [5, 5.41) is 0. The summed E-state index contributed by atoms with van der Waals surface area (Å²) < 4.78 is 27.4. The lowest BCUT2D eigenvalue weighted by atomic mass is 9.99. The van der Waals surface area contributed by atoms with Gasteiger partial charge in [-0.15, -0.1) is 11.6 Å². The van der Waals surface area contributed by atoms with E-state index in [-0.39, 0.29) is 17.8 Å². The molecule has 0 aliphatic carbocycles. The van der Waals surface area contributed by atoms with E-state index in [1.807, 2.05) is 20.8 Å². The summed E-state index contributed by atoms with van der Waals surface area (Å²) in [6.07, 6.45) is 1.27. The average Bonchev–Trinajstić information content (AvgIpc) is 2.00. The van der Waals surface area contributed by atoms with Crippen LogP contribution in [0.3, 0.4) is 0 Å². The minimum Gasteiger partial charge on any atom is -0.270 e. The van der Waals surface area contributed by atoms with Crippen LogP contribution in [0, 0.1) is 5.41 Å². The molecule has 0 rings (SSSR count). The molecule has 0 aliphatic rings. The molecule has 5 heteroatoms. The van der Waals surface area contributed by atoms with Crippen molar-refractivity contribution in [3.05, 3.63) is 0 Å². The first-order valence-electron chi connectivity index (χ1n) is 4.70. The lowest BCUT2D eigenvalue weighted by Crippen LogP contribution is -2.20. The van der Waals surface area contributed by atoms with E-state index in [0.717, 1.165) is 0 Å². The molecule has 0 N–H and O–H groups in total. The Bertz CT molecular complexity index is 241. The van der Waals surface area contributed by atoms with E-state index in [0.29, 0.717) is 18.7 Å². The number of alkyl halides is 1. The highest BCUT2D eigenvalue weighted by Gasteiger charge is 2.17. The Morgan fingerprint density at radius 3 is 2.21 bits per heavy atom. The van der Waals surface area contributed by atoms with Gasteiger partial charge in [-0.05, 0) is 18.3 Å². The fourth-order valence-electron chi connectivity index (χ4n) is 0.699. The van der Waals surface area contributed by atoms with E-state index in [2.05, 4.69) is 0 Å². The van der Waals surface area contributed by atoms with Crippen molar-refractivity contribution < 1.29 is 12.6 Å². The number of halogens is 1. The van der Waals surface area contributed by atoms with Crippen molar-refractivity contribution in [3.8, 4) is 0 Å². The highest BCUT2D eigenvalue weighted by molar-refractivity contribution is 7.86. The summed E-state index contributed by atoms with van der Waals surface area (Å²) >= 11 is 5.44. The molecule has 0 aromatic carbocycles. The van der Waals surface area contributed by atoms with Gasteiger partial charge in [0.25, 0.3) is 10.1 Å². The van der Waals surface area contributed by atoms with Gasteiger partial charge in [0.2, 0.25) is 0 Å². The number of unbranched alkanes of at least 4 members (excludes halogenated alkanes) is 1. The highest BCUT2D eigenvalue weighted by atomic mass is 35.5. The van der Waals surface area contributed by atoms with Gasteiger partial charge in [-0.1, -0.05) is 20.8 Å². The zero-order chi connectivity index (χ0) is 11.2. The third-order valence-corrected chi connectivity index (χ3v) is 2.98. The van der Waals surface area contributed by atoms with Crippen molar-refractivity contribution in [1.29, 1.82) is 0 Å². The van der Waals surface area contributed by atoms with Crippen LogP contribution in [0.5, 0.6) is 0 Å². The topological polar surface area (TPSA) is 43.4 Å². The second-order valence-corrected chi connectivity index (χ2v) is 6.62. The minimum atomic E-state index is -3.35. The van der Waals surface area contributed by atoms with E-state index < -0.39 is 10.1 Å². The normalized spacial score (nSPS) is 13.1. The van der Waals surface area contributed by atoms with Crippen molar-refractivity contribution in [2.24, 2.45) is 5.41 Å². The van der Waals surface area contributed by atoms with Gasteiger partial charge in [0.1, 0.15) is 0 Å². The van der Waals surface area contributed by atoms with E-state index in [9.17, 15) is 8.42 Å². The van der Waals surface area contributed by atoms with Crippen molar-refractivity contribution in [3.63, 3.8) is 0 Å². The third kappa shape index (κ3) is 8.78. The Morgan fingerprint density at radius 2 is 1.79 bits per heavy atom. The molecule has 0 aromatic heterocycles. The molecule has 0 saturated heterocycles. The SMILES string of the molecule is CC(C)(C)COS(=O)(=O)CCCCCl. The maximum Gasteiger partial charge on any atom is 0.267 e. The first kappa shape index (κ1) is 14.2. The summed E-state index contributed by atoms with van der Waals surface area (Å²) in [6, 6.07) is 0. The molecule has 0 fully saturated rings. The Labute approximate surface area is 91.9 Å². The standard InChI is InChI=1S/C9H19ClO3S/c1-9(2,3)8-13-14(11,12)7-5-4-6-10/h4-8H2,1-3H3. The van der Waals surface area contributed by atoms with Crippen molar-refractivity contribution in [2.75, 3.05) is 18.2 Å². The van der Waals surface area contributed by atoms with Crippen molar-refractivity contribution in [1.82, 2.24) is 0 Å². The quantitative estimate of drug-likeness (QED) is 0.408. The lowest BCUT2D eigenvalue weighted by molar-refractivity contribution is 0.203. The number of hydrogen-bond donors (Lipinski definition) is 0. The lowest BCUT2D eigenvalue weighted by Gasteiger charge is -2.17. The van der Waals surface area contributed by atoms with Gasteiger partial charge >= 0.3 is 0 Å². The van der Waals surface area contributed by atoms with Gasteiger partial charge < -0.3 is 0 Å². The molecule has 0 aliphatic heterocycles. The van der Waals surface area contributed by atoms with Crippen LogP contribution in [0.25, 0.3) is 0 Å². The van der Waals surface area contributed by atoms with Gasteiger partial charge in [0.15, 0.2) is 0 Å². The van der Waals surface area contributed by atoms with Crippen LogP contribution in [-0.4, -0.2) is 26.7 Å². The van der Waals surface area contributed by atoms with E-state index in [4.69, 9.17) is 15.8 Å². The molecule has 0 radical (unpaired) electrons. The van der Waals surface area contributed by atoms with E-state index >= 15 is 0 Å². The van der Waals surface area contributed by atoms with Crippen LogP contribution in [0.15, 0.2) is 0 Å². The monoisotopic (exact) mass is 242 g/mol. The maximum atomic E-state index is 11.3. The van der Waals surface area contributed by atoms with Crippen molar-refractivity contribution >= 4 is 21.7 Å². The number of hydrogen-bond acceptors (Lipinski definition) is 3. The van der Waals surface area contributed by atoms with Crippen LogP contribution in [0.1, 0.15) is 33.6 Å². The molecule has 0 atom stereocenters. The fourth-order valence-corrected chi connectivity index (χ4v) is 2.10. The molecule has 14 heavy (non-hydrogen) atoms. The van der Waals surface area contributed by atoms with Gasteiger partial charge in [-0.2, -0.15) is 8.42 Å². The molecule has 0 heterocycles. The molecule has 0 spiro atoms. The largest absolute Gasteiger partial charge is 0.270 e. The zero-order valence-electron chi connectivity index (χ0n) is 9.05. The van der Waals surface area contributed by atoms with Gasteiger partial charge in [0, 0.05) is 5.88 Å². The van der Waals surface area contributed by atoms with Crippen LogP contribution in [-0.2, 0) is 14.3 Å². The first-order valence-corrected chi connectivity index (χ1v) is 6.81.